The van der Waals surface area contributed by atoms with E-state index in [-0.39, 0.29) is 23.0 Å². The molecule has 0 heterocycles. The van der Waals surface area contributed by atoms with E-state index in [0.29, 0.717) is 34.3 Å². The Labute approximate surface area is 239 Å². The third-order valence-electron chi connectivity index (χ3n) is 6.04. The van der Waals surface area contributed by atoms with Crippen molar-refractivity contribution in [2.45, 2.75) is 37.8 Å². The fourth-order valence-corrected chi connectivity index (χ4v) is 5.95. The number of carbonyl (C=O) groups excluding carboxylic acids is 2. The van der Waals surface area contributed by atoms with Gasteiger partial charge in [-0.05, 0) is 55.3 Å². The molecule has 1 N–H and O–H groups in total. The number of benzene rings is 3. The van der Waals surface area contributed by atoms with Crippen molar-refractivity contribution in [2.24, 2.45) is 0 Å². The van der Waals surface area contributed by atoms with Gasteiger partial charge in [-0.2, -0.15) is 0 Å². The van der Waals surface area contributed by atoms with Gasteiger partial charge in [0.2, 0.25) is 11.8 Å². The molecule has 0 aromatic heterocycles. The molecule has 0 spiro atoms. The van der Waals surface area contributed by atoms with Crippen molar-refractivity contribution >= 4 is 50.7 Å². The van der Waals surface area contributed by atoms with Crippen LogP contribution in [0.5, 0.6) is 5.75 Å². The van der Waals surface area contributed by atoms with Gasteiger partial charge in [0.1, 0.15) is 18.3 Å². The van der Waals surface area contributed by atoms with E-state index < -0.39 is 28.5 Å². The first-order valence-corrected chi connectivity index (χ1v) is 14.5. The van der Waals surface area contributed by atoms with Crippen molar-refractivity contribution in [2.75, 3.05) is 24.5 Å². The van der Waals surface area contributed by atoms with Crippen LogP contribution >= 0.6 is 23.2 Å². The zero-order chi connectivity index (χ0) is 28.6. The molecule has 39 heavy (non-hydrogen) atoms. The minimum absolute atomic E-state index is 0.0173. The SMILES string of the molecule is CCNC(=O)[C@@H](CC)N(Cc1ccc(Cl)cc1Cl)C(=O)CN(c1cccc(OC)c1)S(=O)(=O)c1ccccc1. The average Bonchev–Trinajstić information content (AvgIpc) is 2.93. The van der Waals surface area contributed by atoms with Crippen LogP contribution in [0.2, 0.25) is 10.0 Å². The van der Waals surface area contributed by atoms with Crippen LogP contribution in [0.1, 0.15) is 25.8 Å². The normalized spacial score (nSPS) is 11.9. The second kappa shape index (κ2) is 13.7. The maximum absolute atomic E-state index is 14.0. The Kier molecular flexibility index (Phi) is 10.6. The molecule has 1 atom stereocenters. The second-order valence-electron chi connectivity index (χ2n) is 8.60. The first-order valence-electron chi connectivity index (χ1n) is 12.3. The summed E-state index contributed by atoms with van der Waals surface area (Å²) >= 11 is 12.5. The molecule has 0 saturated carbocycles. The van der Waals surface area contributed by atoms with Crippen molar-refractivity contribution in [1.82, 2.24) is 10.2 Å². The maximum atomic E-state index is 14.0. The topological polar surface area (TPSA) is 96.0 Å². The number of nitrogens with zero attached hydrogens (tertiary/aromatic N) is 2. The van der Waals surface area contributed by atoms with Gasteiger partial charge in [0, 0.05) is 29.2 Å². The minimum Gasteiger partial charge on any atom is -0.497 e. The summed E-state index contributed by atoms with van der Waals surface area (Å²) in [6.45, 7) is 3.35. The predicted octanol–water partition coefficient (Wildman–Crippen LogP) is 5.14. The van der Waals surface area contributed by atoms with Gasteiger partial charge < -0.3 is 15.0 Å². The summed E-state index contributed by atoms with van der Waals surface area (Å²) in [6, 6.07) is 18.3. The Morgan fingerprint density at radius 1 is 0.974 bits per heavy atom. The van der Waals surface area contributed by atoms with E-state index in [9.17, 15) is 18.0 Å². The summed E-state index contributed by atoms with van der Waals surface area (Å²) in [4.78, 5) is 28.4. The standard InChI is InChI=1S/C28H31Cl2N3O5S/c1-4-26(28(35)31-5-2)32(18-20-14-15-21(29)16-25(20)30)27(34)19-33(22-10-9-11-23(17-22)38-3)39(36,37)24-12-7-6-8-13-24/h6-17,26H,4-5,18-19H2,1-3H3,(H,31,35)/t26-/m1/s1. The molecule has 0 unspecified atom stereocenters. The van der Waals surface area contributed by atoms with Gasteiger partial charge in [0.15, 0.2) is 0 Å². The molecule has 3 rings (SSSR count). The summed E-state index contributed by atoms with van der Waals surface area (Å²) in [5, 5.41) is 3.52. The van der Waals surface area contributed by atoms with E-state index in [1.807, 2.05) is 0 Å². The number of hydrogen-bond acceptors (Lipinski definition) is 5. The third kappa shape index (κ3) is 7.44. The van der Waals surface area contributed by atoms with Crippen LogP contribution in [0.4, 0.5) is 5.69 Å². The van der Waals surface area contributed by atoms with Crippen LogP contribution in [0.25, 0.3) is 0 Å². The smallest absolute Gasteiger partial charge is 0.264 e. The Morgan fingerprint density at radius 2 is 1.69 bits per heavy atom. The van der Waals surface area contributed by atoms with Crippen LogP contribution in [0.3, 0.4) is 0 Å². The molecule has 0 aliphatic heterocycles. The molecule has 0 fully saturated rings. The lowest BCUT2D eigenvalue weighted by atomic mass is 10.1. The maximum Gasteiger partial charge on any atom is 0.264 e. The van der Waals surface area contributed by atoms with Crippen molar-refractivity contribution in [3.05, 3.63) is 88.4 Å². The van der Waals surface area contributed by atoms with Crippen molar-refractivity contribution in [3.8, 4) is 5.75 Å². The van der Waals surface area contributed by atoms with E-state index >= 15 is 0 Å². The summed E-state index contributed by atoms with van der Waals surface area (Å²) in [5.74, 6) is -0.509. The highest BCUT2D eigenvalue weighted by molar-refractivity contribution is 7.92. The summed E-state index contributed by atoms with van der Waals surface area (Å²) in [5.41, 5.74) is 0.804. The van der Waals surface area contributed by atoms with Crippen LogP contribution in [0.15, 0.2) is 77.7 Å². The number of methoxy groups -OCH3 is 1. The molecule has 0 aliphatic carbocycles. The molecule has 11 heteroatoms. The predicted molar refractivity (Wildman–Crippen MR) is 154 cm³/mol. The largest absolute Gasteiger partial charge is 0.497 e. The number of rotatable bonds is 12. The first-order chi connectivity index (χ1) is 18.6. The molecule has 0 radical (unpaired) electrons. The Balaban J connectivity index is 2.09. The van der Waals surface area contributed by atoms with Gasteiger partial charge in [0.05, 0.1) is 17.7 Å². The van der Waals surface area contributed by atoms with Gasteiger partial charge in [-0.15, -0.1) is 0 Å². The first kappa shape index (κ1) is 30.3. The fraction of sp³-hybridized carbons (Fsp3) is 0.286. The molecular weight excluding hydrogens is 561 g/mol. The average molecular weight is 593 g/mol. The van der Waals surface area contributed by atoms with E-state index in [4.69, 9.17) is 27.9 Å². The highest BCUT2D eigenvalue weighted by Crippen LogP contribution is 2.28. The number of nitrogens with one attached hydrogen (secondary N) is 1. The van der Waals surface area contributed by atoms with Crippen molar-refractivity contribution in [3.63, 3.8) is 0 Å². The molecule has 8 nitrogen and oxygen atoms in total. The quantitative estimate of drug-likeness (QED) is 0.314. The van der Waals surface area contributed by atoms with Crippen LogP contribution in [0, 0.1) is 0 Å². The van der Waals surface area contributed by atoms with E-state index in [0.717, 1.165) is 4.31 Å². The molecule has 2 amide bonds. The van der Waals surface area contributed by atoms with Crippen LogP contribution in [-0.2, 0) is 26.2 Å². The molecule has 3 aromatic carbocycles. The van der Waals surface area contributed by atoms with Gasteiger partial charge in [-0.1, -0.05) is 60.5 Å². The molecular formula is C28H31Cl2N3O5S. The van der Waals surface area contributed by atoms with Gasteiger partial charge in [-0.25, -0.2) is 8.42 Å². The zero-order valence-electron chi connectivity index (χ0n) is 21.9. The monoisotopic (exact) mass is 591 g/mol. The number of hydrogen-bond donors (Lipinski definition) is 1. The number of anilines is 1. The number of halogens is 2. The molecule has 0 bridgehead atoms. The van der Waals surface area contributed by atoms with E-state index in [1.165, 1.54) is 30.2 Å². The van der Waals surface area contributed by atoms with E-state index in [2.05, 4.69) is 5.32 Å². The summed E-state index contributed by atoms with van der Waals surface area (Å²) in [7, 11) is -2.70. The second-order valence-corrected chi connectivity index (χ2v) is 11.3. The van der Waals surface area contributed by atoms with Gasteiger partial charge in [-0.3, -0.25) is 13.9 Å². The highest BCUT2D eigenvalue weighted by atomic mass is 35.5. The van der Waals surface area contributed by atoms with Crippen LogP contribution in [-0.4, -0.2) is 51.4 Å². The number of likely N-dealkylation sites (N-methyl/N-ethyl adjacent to an activating group) is 1. The van der Waals surface area contributed by atoms with Gasteiger partial charge in [0.25, 0.3) is 10.0 Å². The summed E-state index contributed by atoms with van der Waals surface area (Å²) in [6.07, 6.45) is 0.299. The molecule has 0 saturated heterocycles. The van der Waals surface area contributed by atoms with E-state index in [1.54, 1.807) is 68.4 Å². The lowest BCUT2D eigenvalue weighted by Crippen LogP contribution is -2.52. The Morgan fingerprint density at radius 3 is 2.31 bits per heavy atom. The summed E-state index contributed by atoms with van der Waals surface area (Å²) < 4.78 is 33.9. The van der Waals surface area contributed by atoms with Gasteiger partial charge >= 0.3 is 0 Å². The number of carbonyl (C=O) groups is 2. The van der Waals surface area contributed by atoms with Crippen molar-refractivity contribution in [1.29, 1.82) is 0 Å². The number of amides is 2. The third-order valence-corrected chi connectivity index (χ3v) is 8.42. The fourth-order valence-electron chi connectivity index (χ4n) is 4.06. The lowest BCUT2D eigenvalue weighted by molar-refractivity contribution is -0.140. The minimum atomic E-state index is -4.17. The molecule has 208 valence electrons. The van der Waals surface area contributed by atoms with Crippen molar-refractivity contribution < 1.29 is 22.7 Å². The Bertz CT molecular complexity index is 1400. The number of ether oxygens (including phenoxy) is 1. The molecule has 3 aromatic rings. The molecule has 0 aliphatic rings. The van der Waals surface area contributed by atoms with Crippen LogP contribution < -0.4 is 14.4 Å². The lowest BCUT2D eigenvalue weighted by Gasteiger charge is -2.33. The zero-order valence-corrected chi connectivity index (χ0v) is 24.3. The Hall–Kier alpha value is -3.27. The highest BCUT2D eigenvalue weighted by Gasteiger charge is 2.34. The number of sulfonamides is 1.